The molecule has 5 nitrogen and oxygen atoms in total. The zero-order valence-electron chi connectivity index (χ0n) is 14.1. The molecule has 0 spiro atoms. The van der Waals surface area contributed by atoms with E-state index in [4.69, 9.17) is 4.74 Å². The van der Waals surface area contributed by atoms with Crippen LogP contribution in [0.4, 0.5) is 0 Å². The Morgan fingerprint density at radius 3 is 2.75 bits per heavy atom. The van der Waals surface area contributed by atoms with Gasteiger partial charge in [-0.05, 0) is 13.3 Å². The summed E-state index contributed by atoms with van der Waals surface area (Å²) in [6.45, 7) is 5.05. The van der Waals surface area contributed by atoms with Crippen LogP contribution < -0.4 is 10.6 Å². The first-order valence-corrected chi connectivity index (χ1v) is 8.73. The van der Waals surface area contributed by atoms with Gasteiger partial charge in [0.1, 0.15) is 5.01 Å². The SMILES string of the molecule is CCOCCCNC(=NC)NCc1nc(-c2ccccc2)cs1.I. The molecule has 1 heterocycles. The van der Waals surface area contributed by atoms with Gasteiger partial charge in [-0.15, -0.1) is 35.3 Å². The predicted octanol–water partition coefficient (Wildman–Crippen LogP) is 3.52. The number of halogens is 1. The van der Waals surface area contributed by atoms with Crippen molar-refractivity contribution in [3.63, 3.8) is 0 Å². The number of rotatable bonds is 8. The molecule has 7 heteroatoms. The van der Waals surface area contributed by atoms with Gasteiger partial charge in [-0.3, -0.25) is 4.99 Å². The van der Waals surface area contributed by atoms with E-state index in [9.17, 15) is 0 Å². The summed E-state index contributed by atoms with van der Waals surface area (Å²) in [4.78, 5) is 8.88. The van der Waals surface area contributed by atoms with Crippen molar-refractivity contribution >= 4 is 41.3 Å². The third-order valence-electron chi connectivity index (χ3n) is 3.21. The van der Waals surface area contributed by atoms with Gasteiger partial charge in [0.05, 0.1) is 12.2 Å². The molecule has 0 aliphatic heterocycles. The lowest BCUT2D eigenvalue weighted by Gasteiger charge is -2.10. The lowest BCUT2D eigenvalue weighted by molar-refractivity contribution is 0.145. The van der Waals surface area contributed by atoms with Crippen LogP contribution in [-0.2, 0) is 11.3 Å². The highest BCUT2D eigenvalue weighted by atomic mass is 127. The van der Waals surface area contributed by atoms with Crippen LogP contribution in [0, 0.1) is 0 Å². The van der Waals surface area contributed by atoms with Crippen LogP contribution >= 0.6 is 35.3 Å². The topological polar surface area (TPSA) is 58.5 Å². The van der Waals surface area contributed by atoms with Crippen LogP contribution in [0.15, 0.2) is 40.7 Å². The molecule has 0 saturated heterocycles. The molecular formula is C17H25IN4OS. The van der Waals surface area contributed by atoms with E-state index in [0.717, 1.165) is 48.4 Å². The fourth-order valence-corrected chi connectivity index (χ4v) is 2.78. The maximum atomic E-state index is 5.31. The van der Waals surface area contributed by atoms with Crippen LogP contribution in [0.3, 0.4) is 0 Å². The molecule has 1 aromatic carbocycles. The number of hydrogen-bond acceptors (Lipinski definition) is 4. The Kier molecular flexibility index (Phi) is 10.6. The first-order valence-electron chi connectivity index (χ1n) is 7.85. The molecule has 0 aliphatic carbocycles. The van der Waals surface area contributed by atoms with Crippen LogP contribution in [0.1, 0.15) is 18.4 Å². The van der Waals surface area contributed by atoms with E-state index < -0.39 is 0 Å². The smallest absolute Gasteiger partial charge is 0.191 e. The number of aromatic nitrogens is 1. The molecule has 2 aromatic rings. The van der Waals surface area contributed by atoms with Crippen molar-refractivity contribution in [3.8, 4) is 11.3 Å². The largest absolute Gasteiger partial charge is 0.382 e. The Labute approximate surface area is 165 Å². The highest BCUT2D eigenvalue weighted by molar-refractivity contribution is 14.0. The summed E-state index contributed by atoms with van der Waals surface area (Å²) >= 11 is 1.66. The zero-order chi connectivity index (χ0) is 16.3. The van der Waals surface area contributed by atoms with E-state index in [1.165, 1.54) is 0 Å². The minimum absolute atomic E-state index is 0. The van der Waals surface area contributed by atoms with Crippen molar-refractivity contribution in [1.82, 2.24) is 15.6 Å². The van der Waals surface area contributed by atoms with E-state index in [-0.39, 0.29) is 24.0 Å². The summed E-state index contributed by atoms with van der Waals surface area (Å²) in [5, 5.41) is 9.69. The number of nitrogens with zero attached hydrogens (tertiary/aromatic N) is 2. The number of aliphatic imine (C=N–C) groups is 1. The Hall–Kier alpha value is -1.19. The molecule has 1 aromatic heterocycles. The molecule has 0 atom stereocenters. The lowest BCUT2D eigenvalue weighted by atomic mass is 10.2. The Balaban J connectivity index is 0.00000288. The van der Waals surface area contributed by atoms with Gasteiger partial charge in [0.25, 0.3) is 0 Å². The predicted molar refractivity (Wildman–Crippen MR) is 112 cm³/mol. The number of nitrogens with one attached hydrogen (secondary N) is 2. The molecule has 0 unspecified atom stereocenters. The number of benzene rings is 1. The van der Waals surface area contributed by atoms with Gasteiger partial charge in [-0.2, -0.15) is 0 Å². The number of hydrogen-bond donors (Lipinski definition) is 2. The maximum Gasteiger partial charge on any atom is 0.191 e. The van der Waals surface area contributed by atoms with Gasteiger partial charge in [-0.1, -0.05) is 30.3 Å². The molecule has 0 fully saturated rings. The summed E-state index contributed by atoms with van der Waals surface area (Å²) in [7, 11) is 1.77. The molecule has 2 rings (SSSR count). The quantitative estimate of drug-likeness (QED) is 0.274. The first-order chi connectivity index (χ1) is 11.3. The molecule has 0 saturated carbocycles. The normalized spacial score (nSPS) is 11.0. The molecule has 0 amide bonds. The molecule has 0 radical (unpaired) electrons. The highest BCUT2D eigenvalue weighted by Gasteiger charge is 2.05. The van der Waals surface area contributed by atoms with E-state index in [1.807, 2.05) is 25.1 Å². The Bertz CT molecular complexity index is 604. The maximum absolute atomic E-state index is 5.31. The summed E-state index contributed by atoms with van der Waals surface area (Å²) < 4.78 is 5.31. The van der Waals surface area contributed by atoms with Gasteiger partial charge < -0.3 is 15.4 Å². The molecular weight excluding hydrogens is 435 g/mol. The molecule has 2 N–H and O–H groups in total. The third-order valence-corrected chi connectivity index (χ3v) is 4.06. The average Bonchev–Trinajstić information content (AvgIpc) is 3.07. The van der Waals surface area contributed by atoms with Crippen molar-refractivity contribution in [1.29, 1.82) is 0 Å². The second kappa shape index (κ2) is 12.2. The van der Waals surface area contributed by atoms with Crippen molar-refractivity contribution in [2.75, 3.05) is 26.8 Å². The van der Waals surface area contributed by atoms with Gasteiger partial charge in [-0.25, -0.2) is 4.98 Å². The van der Waals surface area contributed by atoms with Crippen LogP contribution in [0.5, 0.6) is 0 Å². The monoisotopic (exact) mass is 460 g/mol. The van der Waals surface area contributed by atoms with E-state index in [1.54, 1.807) is 18.4 Å². The zero-order valence-corrected chi connectivity index (χ0v) is 17.3. The average molecular weight is 460 g/mol. The van der Waals surface area contributed by atoms with Crippen molar-refractivity contribution in [2.24, 2.45) is 4.99 Å². The minimum Gasteiger partial charge on any atom is -0.382 e. The molecule has 24 heavy (non-hydrogen) atoms. The number of ether oxygens (including phenoxy) is 1. The van der Waals surface area contributed by atoms with E-state index >= 15 is 0 Å². The second-order valence-electron chi connectivity index (χ2n) is 4.90. The van der Waals surface area contributed by atoms with Crippen molar-refractivity contribution in [3.05, 3.63) is 40.7 Å². The van der Waals surface area contributed by atoms with Crippen molar-refractivity contribution < 1.29 is 4.74 Å². The number of thiazole rings is 1. The van der Waals surface area contributed by atoms with Gasteiger partial charge >= 0.3 is 0 Å². The molecule has 0 bridgehead atoms. The first kappa shape index (κ1) is 20.9. The molecule has 132 valence electrons. The highest BCUT2D eigenvalue weighted by Crippen LogP contribution is 2.21. The van der Waals surface area contributed by atoms with Gasteiger partial charge in [0.15, 0.2) is 5.96 Å². The van der Waals surface area contributed by atoms with E-state index in [2.05, 4.69) is 38.1 Å². The van der Waals surface area contributed by atoms with Crippen LogP contribution in [-0.4, -0.2) is 37.7 Å². The van der Waals surface area contributed by atoms with Gasteiger partial charge in [0, 0.05) is 37.7 Å². The lowest BCUT2D eigenvalue weighted by Crippen LogP contribution is -2.37. The second-order valence-corrected chi connectivity index (χ2v) is 5.84. The van der Waals surface area contributed by atoms with Gasteiger partial charge in [0.2, 0.25) is 0 Å². The third kappa shape index (κ3) is 7.14. The summed E-state index contributed by atoms with van der Waals surface area (Å²) in [6, 6.07) is 10.2. The fraction of sp³-hybridized carbons (Fsp3) is 0.412. The Morgan fingerprint density at radius 1 is 1.25 bits per heavy atom. The van der Waals surface area contributed by atoms with Crippen LogP contribution in [0.2, 0.25) is 0 Å². The van der Waals surface area contributed by atoms with E-state index in [0.29, 0.717) is 6.54 Å². The molecule has 0 aliphatic rings. The summed E-state index contributed by atoms with van der Waals surface area (Å²) in [6.07, 6.45) is 0.962. The van der Waals surface area contributed by atoms with Crippen LogP contribution in [0.25, 0.3) is 11.3 Å². The standard InChI is InChI=1S/C17H24N4OS.HI/c1-3-22-11-7-10-19-17(18-2)20-12-16-21-15(13-23-16)14-8-5-4-6-9-14;/h4-6,8-9,13H,3,7,10-12H2,1-2H3,(H2,18,19,20);1H. The summed E-state index contributed by atoms with van der Waals surface area (Å²) in [5.74, 6) is 0.790. The minimum atomic E-state index is 0. The summed E-state index contributed by atoms with van der Waals surface area (Å²) in [5.41, 5.74) is 2.17. The fourth-order valence-electron chi connectivity index (χ4n) is 2.04. The van der Waals surface area contributed by atoms with Crippen molar-refractivity contribution in [2.45, 2.75) is 19.9 Å². The Morgan fingerprint density at radius 2 is 2.04 bits per heavy atom. The number of guanidine groups is 1.